The highest BCUT2D eigenvalue weighted by atomic mass is 16.3. The first-order valence-electron chi connectivity index (χ1n) is 5.66. The molecular formula is C10H19N5O2. The molecule has 1 aromatic heterocycles. The molecule has 0 radical (unpaired) electrons. The van der Waals surface area contributed by atoms with Gasteiger partial charge in [0, 0.05) is 26.1 Å². The Morgan fingerprint density at radius 1 is 1.53 bits per heavy atom. The second-order valence-electron chi connectivity index (χ2n) is 3.81. The zero-order valence-corrected chi connectivity index (χ0v) is 9.96. The Kier molecular flexibility index (Phi) is 6.19. The first-order chi connectivity index (χ1) is 8.18. The summed E-state index contributed by atoms with van der Waals surface area (Å²) in [4.78, 5) is 15.2. The van der Waals surface area contributed by atoms with Crippen molar-refractivity contribution in [1.29, 1.82) is 0 Å². The lowest BCUT2D eigenvalue weighted by molar-refractivity contribution is -0.121. The number of hydrogen-bond acceptors (Lipinski definition) is 5. The van der Waals surface area contributed by atoms with Crippen LogP contribution in [0.5, 0.6) is 0 Å². The van der Waals surface area contributed by atoms with E-state index in [1.807, 2.05) is 0 Å². The molecule has 1 amide bonds. The fourth-order valence-electron chi connectivity index (χ4n) is 1.25. The van der Waals surface area contributed by atoms with Gasteiger partial charge in [0.2, 0.25) is 5.91 Å². The number of aromatic nitrogens is 3. The lowest BCUT2D eigenvalue weighted by Gasteiger charge is -2.08. The average Bonchev–Trinajstić information content (AvgIpc) is 2.78. The van der Waals surface area contributed by atoms with Crippen LogP contribution in [0.3, 0.4) is 0 Å². The van der Waals surface area contributed by atoms with E-state index in [0.29, 0.717) is 32.6 Å². The monoisotopic (exact) mass is 241 g/mol. The standard InChI is InChI=1S/C10H19N5O2/c1-9(16)6-11-3-4-13-10(17)2-5-15-8-12-7-14-15/h7-9,11,16H,2-6H2,1H3,(H,13,17). The molecule has 0 bridgehead atoms. The van der Waals surface area contributed by atoms with Gasteiger partial charge in [-0.3, -0.25) is 9.48 Å². The molecule has 0 aromatic carbocycles. The van der Waals surface area contributed by atoms with E-state index in [1.165, 1.54) is 6.33 Å². The van der Waals surface area contributed by atoms with Gasteiger partial charge in [0.25, 0.3) is 0 Å². The number of carbonyl (C=O) groups excluding carboxylic acids is 1. The van der Waals surface area contributed by atoms with E-state index in [4.69, 9.17) is 5.11 Å². The van der Waals surface area contributed by atoms with Crippen LogP contribution < -0.4 is 10.6 Å². The highest BCUT2D eigenvalue weighted by Gasteiger charge is 2.01. The van der Waals surface area contributed by atoms with Crippen LogP contribution in [-0.4, -0.2) is 51.5 Å². The van der Waals surface area contributed by atoms with Gasteiger partial charge in [-0.15, -0.1) is 0 Å². The number of nitrogens with zero attached hydrogens (tertiary/aromatic N) is 3. The van der Waals surface area contributed by atoms with Crippen molar-refractivity contribution in [3.63, 3.8) is 0 Å². The maximum absolute atomic E-state index is 11.4. The van der Waals surface area contributed by atoms with E-state index in [-0.39, 0.29) is 12.0 Å². The maximum atomic E-state index is 11.4. The molecular weight excluding hydrogens is 222 g/mol. The topological polar surface area (TPSA) is 92.1 Å². The van der Waals surface area contributed by atoms with Crippen LogP contribution in [0.1, 0.15) is 13.3 Å². The van der Waals surface area contributed by atoms with E-state index in [1.54, 1.807) is 17.9 Å². The molecule has 7 heteroatoms. The van der Waals surface area contributed by atoms with Crippen molar-refractivity contribution in [2.75, 3.05) is 19.6 Å². The minimum absolute atomic E-state index is 0.0145. The smallest absolute Gasteiger partial charge is 0.221 e. The minimum atomic E-state index is -0.363. The fraction of sp³-hybridized carbons (Fsp3) is 0.700. The molecule has 1 unspecified atom stereocenters. The summed E-state index contributed by atoms with van der Waals surface area (Å²) in [6, 6.07) is 0. The zero-order chi connectivity index (χ0) is 12.5. The number of hydrogen-bond donors (Lipinski definition) is 3. The molecule has 0 saturated heterocycles. The van der Waals surface area contributed by atoms with Crippen molar-refractivity contribution in [1.82, 2.24) is 25.4 Å². The lowest BCUT2D eigenvalue weighted by atomic mass is 10.4. The van der Waals surface area contributed by atoms with Crippen molar-refractivity contribution >= 4 is 5.91 Å². The lowest BCUT2D eigenvalue weighted by Crippen LogP contribution is -2.34. The average molecular weight is 241 g/mol. The third kappa shape index (κ3) is 6.64. The summed E-state index contributed by atoms with van der Waals surface area (Å²) in [6.07, 6.45) is 3.05. The van der Waals surface area contributed by atoms with E-state index in [9.17, 15) is 4.79 Å². The maximum Gasteiger partial charge on any atom is 0.221 e. The Labute approximate surface area is 100 Å². The Balaban J connectivity index is 1.98. The van der Waals surface area contributed by atoms with Gasteiger partial charge in [-0.25, -0.2) is 4.98 Å². The summed E-state index contributed by atoms with van der Waals surface area (Å²) in [7, 11) is 0. The highest BCUT2D eigenvalue weighted by molar-refractivity contribution is 5.75. The first kappa shape index (κ1) is 13.6. The fourth-order valence-corrected chi connectivity index (χ4v) is 1.25. The number of amides is 1. The number of aryl methyl sites for hydroxylation is 1. The normalized spacial score (nSPS) is 12.4. The van der Waals surface area contributed by atoms with Gasteiger partial charge < -0.3 is 15.7 Å². The highest BCUT2D eigenvalue weighted by Crippen LogP contribution is 1.86. The minimum Gasteiger partial charge on any atom is -0.392 e. The Morgan fingerprint density at radius 3 is 3.00 bits per heavy atom. The van der Waals surface area contributed by atoms with Crippen LogP contribution in [-0.2, 0) is 11.3 Å². The second kappa shape index (κ2) is 7.75. The number of nitrogens with one attached hydrogen (secondary N) is 2. The summed E-state index contributed by atoms with van der Waals surface area (Å²) in [5.41, 5.74) is 0. The molecule has 3 N–H and O–H groups in total. The number of rotatable bonds is 8. The van der Waals surface area contributed by atoms with Crippen molar-refractivity contribution < 1.29 is 9.90 Å². The largest absolute Gasteiger partial charge is 0.392 e. The predicted molar refractivity (Wildman–Crippen MR) is 62.2 cm³/mol. The van der Waals surface area contributed by atoms with Gasteiger partial charge in [0.15, 0.2) is 0 Å². The third-order valence-electron chi connectivity index (χ3n) is 2.10. The first-order valence-corrected chi connectivity index (χ1v) is 5.66. The van der Waals surface area contributed by atoms with Gasteiger partial charge in [-0.1, -0.05) is 0 Å². The van der Waals surface area contributed by atoms with E-state index < -0.39 is 0 Å². The van der Waals surface area contributed by atoms with Crippen molar-refractivity contribution in [2.45, 2.75) is 26.0 Å². The molecule has 17 heavy (non-hydrogen) atoms. The van der Waals surface area contributed by atoms with E-state index in [2.05, 4.69) is 20.7 Å². The quantitative estimate of drug-likeness (QED) is 0.495. The second-order valence-corrected chi connectivity index (χ2v) is 3.81. The van der Waals surface area contributed by atoms with Gasteiger partial charge >= 0.3 is 0 Å². The zero-order valence-electron chi connectivity index (χ0n) is 9.96. The molecule has 0 saturated carbocycles. The van der Waals surface area contributed by atoms with E-state index >= 15 is 0 Å². The van der Waals surface area contributed by atoms with Crippen molar-refractivity contribution in [3.05, 3.63) is 12.7 Å². The third-order valence-corrected chi connectivity index (χ3v) is 2.10. The van der Waals surface area contributed by atoms with Gasteiger partial charge in [0.1, 0.15) is 12.7 Å². The summed E-state index contributed by atoms with van der Waals surface area (Å²) in [5, 5.41) is 18.7. The van der Waals surface area contributed by atoms with Crippen LogP contribution in [0.2, 0.25) is 0 Å². The molecule has 1 heterocycles. The molecule has 1 atom stereocenters. The van der Waals surface area contributed by atoms with Crippen LogP contribution in [0, 0.1) is 0 Å². The number of aliphatic hydroxyl groups is 1. The Hall–Kier alpha value is -1.47. The molecule has 7 nitrogen and oxygen atoms in total. The van der Waals surface area contributed by atoms with Crippen LogP contribution in [0.4, 0.5) is 0 Å². The van der Waals surface area contributed by atoms with Gasteiger partial charge in [0.05, 0.1) is 12.6 Å². The summed E-state index contributed by atoms with van der Waals surface area (Å²) < 4.78 is 1.62. The molecule has 0 aliphatic heterocycles. The van der Waals surface area contributed by atoms with E-state index in [0.717, 1.165) is 0 Å². The summed E-state index contributed by atoms with van der Waals surface area (Å²) in [5.74, 6) is -0.0145. The van der Waals surface area contributed by atoms with Gasteiger partial charge in [-0.2, -0.15) is 5.10 Å². The SMILES string of the molecule is CC(O)CNCCNC(=O)CCn1cncn1. The molecule has 0 aliphatic carbocycles. The predicted octanol–water partition coefficient (Wildman–Crippen LogP) is -1.25. The van der Waals surface area contributed by atoms with Crippen molar-refractivity contribution in [3.8, 4) is 0 Å². The number of aliphatic hydroxyl groups excluding tert-OH is 1. The Morgan fingerprint density at radius 2 is 2.35 bits per heavy atom. The van der Waals surface area contributed by atoms with Crippen LogP contribution in [0.15, 0.2) is 12.7 Å². The van der Waals surface area contributed by atoms with Gasteiger partial charge in [-0.05, 0) is 6.92 Å². The number of carbonyl (C=O) groups is 1. The van der Waals surface area contributed by atoms with Crippen LogP contribution in [0.25, 0.3) is 0 Å². The molecule has 96 valence electrons. The summed E-state index contributed by atoms with van der Waals surface area (Å²) in [6.45, 7) is 3.99. The Bertz CT molecular complexity index is 313. The van der Waals surface area contributed by atoms with Crippen LogP contribution >= 0.6 is 0 Å². The molecule has 0 fully saturated rings. The molecule has 1 aromatic rings. The summed E-state index contributed by atoms with van der Waals surface area (Å²) >= 11 is 0. The van der Waals surface area contributed by atoms with Crippen molar-refractivity contribution in [2.24, 2.45) is 0 Å². The molecule has 1 rings (SSSR count). The molecule has 0 spiro atoms. The molecule has 0 aliphatic rings.